The van der Waals surface area contributed by atoms with Crippen molar-refractivity contribution in [1.29, 1.82) is 0 Å². The van der Waals surface area contributed by atoms with Crippen LogP contribution in [-0.4, -0.2) is 78.1 Å². The highest BCUT2D eigenvalue weighted by molar-refractivity contribution is 5.75. The minimum absolute atomic E-state index is 0.00726. The van der Waals surface area contributed by atoms with Crippen molar-refractivity contribution in [3.05, 3.63) is 0 Å². The first kappa shape index (κ1) is 14.8. The molecule has 1 aliphatic rings. The Bertz CT molecular complexity index is 296. The van der Waals surface area contributed by atoms with Crippen LogP contribution in [0.15, 0.2) is 0 Å². The van der Waals surface area contributed by atoms with Gasteiger partial charge in [-0.15, -0.1) is 0 Å². The number of carbonyl (C=O) groups excluding carboxylic acids is 1. The lowest BCUT2D eigenvalue weighted by molar-refractivity contribution is -0.137. The summed E-state index contributed by atoms with van der Waals surface area (Å²) in [6.45, 7) is 6.08. The van der Waals surface area contributed by atoms with Gasteiger partial charge in [0.25, 0.3) is 0 Å². The number of hydrogen-bond donors (Lipinski definition) is 1. The number of carboxylic acid groups (broad SMARTS) is 1. The summed E-state index contributed by atoms with van der Waals surface area (Å²) < 4.78 is 0. The molecule has 0 unspecified atom stereocenters. The van der Waals surface area contributed by atoms with Gasteiger partial charge < -0.3 is 19.8 Å². The number of aliphatic carboxylic acids is 1. The van der Waals surface area contributed by atoms with E-state index in [2.05, 4.69) is 11.9 Å². The molecular weight excluding hydrogens is 234 g/mol. The summed E-state index contributed by atoms with van der Waals surface area (Å²) in [5, 5.41) is 8.67. The van der Waals surface area contributed by atoms with E-state index in [1.54, 1.807) is 4.90 Å². The first-order chi connectivity index (χ1) is 8.54. The molecule has 0 aromatic rings. The van der Waals surface area contributed by atoms with Crippen LogP contribution in [0.3, 0.4) is 0 Å². The Balaban J connectivity index is 2.51. The molecule has 0 saturated carbocycles. The number of likely N-dealkylation sites (N-methyl/N-ethyl adjacent to an activating group) is 1. The van der Waals surface area contributed by atoms with Crippen molar-refractivity contribution in [2.45, 2.75) is 19.8 Å². The van der Waals surface area contributed by atoms with Crippen LogP contribution in [-0.2, 0) is 4.79 Å². The van der Waals surface area contributed by atoms with E-state index >= 15 is 0 Å². The Morgan fingerprint density at radius 1 is 1.22 bits per heavy atom. The highest BCUT2D eigenvalue weighted by Gasteiger charge is 2.22. The molecule has 0 aromatic heterocycles. The molecule has 104 valence electrons. The zero-order chi connectivity index (χ0) is 13.5. The molecule has 6 nitrogen and oxygen atoms in total. The molecule has 1 aliphatic heterocycles. The Hall–Kier alpha value is -1.30. The van der Waals surface area contributed by atoms with Crippen molar-refractivity contribution in [3.63, 3.8) is 0 Å². The quantitative estimate of drug-likeness (QED) is 0.798. The Morgan fingerprint density at radius 2 is 1.94 bits per heavy atom. The van der Waals surface area contributed by atoms with Gasteiger partial charge in [0, 0.05) is 32.7 Å². The maximum absolute atomic E-state index is 12.2. The molecular formula is C12H23N3O3. The van der Waals surface area contributed by atoms with E-state index in [4.69, 9.17) is 5.11 Å². The summed E-state index contributed by atoms with van der Waals surface area (Å²) >= 11 is 0. The third-order valence-electron chi connectivity index (χ3n) is 3.24. The van der Waals surface area contributed by atoms with Crippen LogP contribution in [0.5, 0.6) is 0 Å². The van der Waals surface area contributed by atoms with Gasteiger partial charge in [-0.1, -0.05) is 0 Å². The number of amides is 2. The number of carboxylic acids is 1. The summed E-state index contributed by atoms with van der Waals surface area (Å²) in [5.41, 5.74) is 0. The highest BCUT2D eigenvalue weighted by Crippen LogP contribution is 2.06. The Morgan fingerprint density at radius 3 is 2.56 bits per heavy atom. The second-order valence-electron chi connectivity index (χ2n) is 4.65. The molecule has 18 heavy (non-hydrogen) atoms. The lowest BCUT2D eigenvalue weighted by Crippen LogP contribution is -2.45. The summed E-state index contributed by atoms with van der Waals surface area (Å²) in [6, 6.07) is -0.0333. The highest BCUT2D eigenvalue weighted by atomic mass is 16.4. The predicted octanol–water partition coefficient (Wildman–Crippen LogP) is 0.541. The minimum Gasteiger partial charge on any atom is -0.481 e. The molecule has 1 N–H and O–H groups in total. The Kier molecular flexibility index (Phi) is 5.91. The third kappa shape index (κ3) is 4.52. The van der Waals surface area contributed by atoms with Crippen LogP contribution in [0, 0.1) is 0 Å². The second kappa shape index (κ2) is 7.20. The molecule has 6 heteroatoms. The first-order valence-electron chi connectivity index (χ1n) is 6.48. The number of rotatable bonds is 4. The van der Waals surface area contributed by atoms with Crippen molar-refractivity contribution in [2.24, 2.45) is 0 Å². The molecule has 0 spiro atoms. The van der Waals surface area contributed by atoms with E-state index in [0.717, 1.165) is 32.6 Å². The molecule has 0 radical (unpaired) electrons. The van der Waals surface area contributed by atoms with E-state index in [-0.39, 0.29) is 19.0 Å². The summed E-state index contributed by atoms with van der Waals surface area (Å²) in [5.74, 6) is -0.864. The zero-order valence-electron chi connectivity index (χ0n) is 11.3. The molecule has 1 rings (SSSR count). The smallest absolute Gasteiger partial charge is 0.320 e. The summed E-state index contributed by atoms with van der Waals surface area (Å²) in [6.07, 6.45) is 0.978. The molecule has 0 aromatic carbocycles. The normalized spacial score (nSPS) is 17.3. The van der Waals surface area contributed by atoms with Crippen LogP contribution in [0.25, 0.3) is 0 Å². The predicted molar refractivity (Wildman–Crippen MR) is 68.6 cm³/mol. The van der Waals surface area contributed by atoms with Gasteiger partial charge in [0.1, 0.15) is 0 Å². The molecule has 1 fully saturated rings. The lowest BCUT2D eigenvalue weighted by Gasteiger charge is -2.28. The second-order valence-corrected chi connectivity index (χ2v) is 4.65. The average molecular weight is 257 g/mol. The molecule has 0 bridgehead atoms. The van der Waals surface area contributed by atoms with Gasteiger partial charge in [-0.2, -0.15) is 0 Å². The van der Waals surface area contributed by atoms with E-state index < -0.39 is 5.97 Å². The Labute approximate surface area is 108 Å². The van der Waals surface area contributed by atoms with Gasteiger partial charge in [0.15, 0.2) is 0 Å². The fourth-order valence-electron chi connectivity index (χ4n) is 2.06. The largest absolute Gasteiger partial charge is 0.481 e. The van der Waals surface area contributed by atoms with Gasteiger partial charge in [-0.25, -0.2) is 4.79 Å². The van der Waals surface area contributed by atoms with E-state index in [1.165, 1.54) is 0 Å². The zero-order valence-corrected chi connectivity index (χ0v) is 11.3. The molecule has 0 atom stereocenters. The van der Waals surface area contributed by atoms with Crippen LogP contribution in [0.4, 0.5) is 4.79 Å². The van der Waals surface area contributed by atoms with Crippen molar-refractivity contribution in [2.75, 3.05) is 46.3 Å². The molecule has 0 aliphatic carbocycles. The van der Waals surface area contributed by atoms with Crippen molar-refractivity contribution in [3.8, 4) is 0 Å². The molecule has 1 saturated heterocycles. The van der Waals surface area contributed by atoms with Crippen LogP contribution in [0.1, 0.15) is 19.8 Å². The first-order valence-corrected chi connectivity index (χ1v) is 6.48. The van der Waals surface area contributed by atoms with Gasteiger partial charge in [0.2, 0.25) is 0 Å². The van der Waals surface area contributed by atoms with Crippen LogP contribution >= 0.6 is 0 Å². The van der Waals surface area contributed by atoms with Gasteiger partial charge in [0.05, 0.1) is 6.42 Å². The third-order valence-corrected chi connectivity index (χ3v) is 3.24. The fraction of sp³-hybridized carbons (Fsp3) is 0.833. The van der Waals surface area contributed by atoms with Gasteiger partial charge in [-0.3, -0.25) is 4.79 Å². The van der Waals surface area contributed by atoms with Crippen molar-refractivity contribution in [1.82, 2.24) is 14.7 Å². The maximum Gasteiger partial charge on any atom is 0.320 e. The molecule has 2 amide bonds. The van der Waals surface area contributed by atoms with Crippen molar-refractivity contribution >= 4 is 12.0 Å². The number of carbonyl (C=O) groups is 2. The van der Waals surface area contributed by atoms with Gasteiger partial charge >= 0.3 is 12.0 Å². The van der Waals surface area contributed by atoms with Gasteiger partial charge in [-0.05, 0) is 26.9 Å². The standard InChI is InChI=1S/C12H23N3O3/c1-3-14(8-5-11(16)17)12(18)15-7-4-6-13(2)9-10-15/h3-10H2,1-2H3,(H,16,17). The van der Waals surface area contributed by atoms with Crippen LogP contribution in [0.2, 0.25) is 0 Å². The maximum atomic E-state index is 12.2. The van der Waals surface area contributed by atoms with E-state index in [9.17, 15) is 9.59 Å². The van der Waals surface area contributed by atoms with Crippen molar-refractivity contribution < 1.29 is 14.7 Å². The number of nitrogens with zero attached hydrogens (tertiary/aromatic N) is 3. The van der Waals surface area contributed by atoms with Crippen LogP contribution < -0.4 is 0 Å². The number of hydrogen-bond acceptors (Lipinski definition) is 3. The lowest BCUT2D eigenvalue weighted by atomic mass is 10.3. The topological polar surface area (TPSA) is 64.1 Å². The number of urea groups is 1. The average Bonchev–Trinajstić information content (AvgIpc) is 2.54. The summed E-state index contributed by atoms with van der Waals surface area (Å²) in [7, 11) is 2.05. The monoisotopic (exact) mass is 257 g/mol. The summed E-state index contributed by atoms with van der Waals surface area (Å²) in [4.78, 5) is 28.4. The molecule has 1 heterocycles. The fourth-order valence-corrected chi connectivity index (χ4v) is 2.06. The van der Waals surface area contributed by atoms with E-state index in [1.807, 2.05) is 11.8 Å². The minimum atomic E-state index is -0.864. The van der Waals surface area contributed by atoms with E-state index in [0.29, 0.717) is 6.54 Å². The SMILES string of the molecule is CCN(CCC(=O)O)C(=O)N1CCCN(C)CC1.